The summed E-state index contributed by atoms with van der Waals surface area (Å²) in [6.45, 7) is 6.76. The van der Waals surface area contributed by atoms with Crippen molar-refractivity contribution in [2.45, 2.75) is 25.8 Å². The minimum absolute atomic E-state index is 0.438. The molecule has 2 rings (SSSR count). The SMILES string of the molecule is CC1N(C)CC(CN(C)C)CC12CCOC2. The van der Waals surface area contributed by atoms with Crippen LogP contribution in [0.5, 0.6) is 0 Å². The number of likely N-dealkylation sites (tertiary alicyclic amines) is 1. The molecule has 0 aromatic carbocycles. The molecule has 2 saturated heterocycles. The quantitative estimate of drug-likeness (QED) is 0.706. The van der Waals surface area contributed by atoms with Crippen LogP contribution in [0.25, 0.3) is 0 Å². The summed E-state index contributed by atoms with van der Waals surface area (Å²) < 4.78 is 5.67. The summed E-state index contributed by atoms with van der Waals surface area (Å²) in [7, 11) is 6.62. The predicted molar refractivity (Wildman–Crippen MR) is 66.6 cm³/mol. The largest absolute Gasteiger partial charge is 0.381 e. The maximum Gasteiger partial charge on any atom is 0.0538 e. The molecule has 2 aliphatic rings. The fourth-order valence-electron chi connectivity index (χ4n) is 3.60. The molecule has 0 N–H and O–H groups in total. The molecule has 0 aromatic heterocycles. The van der Waals surface area contributed by atoms with E-state index in [1.165, 1.54) is 25.9 Å². The molecule has 2 aliphatic heterocycles. The van der Waals surface area contributed by atoms with Crippen LogP contribution in [0.3, 0.4) is 0 Å². The Hall–Kier alpha value is -0.120. The van der Waals surface area contributed by atoms with E-state index in [9.17, 15) is 0 Å². The number of hydrogen-bond donors (Lipinski definition) is 0. The van der Waals surface area contributed by atoms with Crippen molar-refractivity contribution < 1.29 is 4.74 Å². The molecule has 3 heteroatoms. The van der Waals surface area contributed by atoms with Gasteiger partial charge in [0.25, 0.3) is 0 Å². The Morgan fingerprint density at radius 1 is 1.44 bits per heavy atom. The molecule has 0 aromatic rings. The summed E-state index contributed by atoms with van der Waals surface area (Å²) in [4.78, 5) is 4.85. The molecule has 16 heavy (non-hydrogen) atoms. The zero-order valence-corrected chi connectivity index (χ0v) is 11.2. The molecule has 94 valence electrons. The first-order chi connectivity index (χ1) is 7.53. The molecule has 0 amide bonds. The van der Waals surface area contributed by atoms with E-state index in [4.69, 9.17) is 4.74 Å². The lowest BCUT2D eigenvalue weighted by atomic mass is 9.70. The van der Waals surface area contributed by atoms with Crippen molar-refractivity contribution in [3.8, 4) is 0 Å². The molecule has 0 bridgehead atoms. The Kier molecular flexibility index (Phi) is 3.57. The van der Waals surface area contributed by atoms with Gasteiger partial charge >= 0.3 is 0 Å². The third-order valence-corrected chi connectivity index (χ3v) is 4.55. The van der Waals surface area contributed by atoms with Crippen LogP contribution in [0.15, 0.2) is 0 Å². The van der Waals surface area contributed by atoms with Crippen molar-refractivity contribution in [3.63, 3.8) is 0 Å². The minimum atomic E-state index is 0.438. The summed E-state index contributed by atoms with van der Waals surface area (Å²) in [6, 6.07) is 0.674. The van der Waals surface area contributed by atoms with Gasteiger partial charge in [-0.25, -0.2) is 0 Å². The van der Waals surface area contributed by atoms with Crippen LogP contribution in [-0.4, -0.2) is 63.3 Å². The highest BCUT2D eigenvalue weighted by molar-refractivity contribution is 4.98. The average Bonchev–Trinajstić information content (AvgIpc) is 2.63. The smallest absolute Gasteiger partial charge is 0.0538 e. The van der Waals surface area contributed by atoms with E-state index in [1.54, 1.807) is 0 Å². The van der Waals surface area contributed by atoms with Gasteiger partial charge in [0.2, 0.25) is 0 Å². The summed E-state index contributed by atoms with van der Waals surface area (Å²) in [5.74, 6) is 0.804. The zero-order chi connectivity index (χ0) is 11.8. The van der Waals surface area contributed by atoms with Crippen LogP contribution in [-0.2, 0) is 4.74 Å². The van der Waals surface area contributed by atoms with E-state index >= 15 is 0 Å². The van der Waals surface area contributed by atoms with Crippen molar-refractivity contribution in [1.29, 1.82) is 0 Å². The molecule has 0 saturated carbocycles. The van der Waals surface area contributed by atoms with Gasteiger partial charge in [-0.1, -0.05) is 0 Å². The predicted octanol–water partition coefficient (Wildman–Crippen LogP) is 1.29. The Morgan fingerprint density at radius 3 is 2.75 bits per heavy atom. The van der Waals surface area contributed by atoms with Gasteiger partial charge in [-0.05, 0) is 46.8 Å². The number of nitrogens with zero attached hydrogens (tertiary/aromatic N) is 2. The Morgan fingerprint density at radius 2 is 2.19 bits per heavy atom. The van der Waals surface area contributed by atoms with E-state index in [1.807, 2.05) is 0 Å². The number of ether oxygens (including phenoxy) is 1. The van der Waals surface area contributed by atoms with Crippen LogP contribution in [0.2, 0.25) is 0 Å². The van der Waals surface area contributed by atoms with Crippen LogP contribution in [0, 0.1) is 11.3 Å². The van der Waals surface area contributed by atoms with Gasteiger partial charge in [0.1, 0.15) is 0 Å². The second kappa shape index (κ2) is 4.63. The standard InChI is InChI=1S/C13H26N2O/c1-11-13(5-6-16-10-13)7-12(8-14(2)3)9-15(11)4/h11-12H,5-10H2,1-4H3. The van der Waals surface area contributed by atoms with Gasteiger partial charge in [0.05, 0.1) is 6.61 Å². The molecular formula is C13H26N2O. The van der Waals surface area contributed by atoms with Gasteiger partial charge in [-0.3, -0.25) is 0 Å². The highest BCUT2D eigenvalue weighted by Crippen LogP contribution is 2.44. The van der Waals surface area contributed by atoms with Crippen LogP contribution < -0.4 is 0 Å². The lowest BCUT2D eigenvalue weighted by molar-refractivity contribution is -0.00646. The van der Waals surface area contributed by atoms with Crippen molar-refractivity contribution in [3.05, 3.63) is 0 Å². The highest BCUT2D eigenvalue weighted by Gasteiger charge is 2.46. The lowest BCUT2D eigenvalue weighted by Gasteiger charge is -2.48. The molecule has 0 aliphatic carbocycles. The maximum absolute atomic E-state index is 5.67. The molecule has 2 fully saturated rings. The second-order valence-corrected chi connectivity index (χ2v) is 6.11. The first-order valence-electron chi connectivity index (χ1n) is 6.46. The molecule has 3 atom stereocenters. The molecule has 3 nitrogen and oxygen atoms in total. The van der Waals surface area contributed by atoms with E-state index in [0.29, 0.717) is 11.5 Å². The lowest BCUT2D eigenvalue weighted by Crippen LogP contribution is -2.54. The fraction of sp³-hybridized carbons (Fsp3) is 1.00. The Bertz CT molecular complexity index is 236. The normalized spacial score (nSPS) is 41.1. The third-order valence-electron chi connectivity index (χ3n) is 4.55. The van der Waals surface area contributed by atoms with Gasteiger partial charge in [0, 0.05) is 31.2 Å². The third kappa shape index (κ3) is 2.27. The Labute approximate surface area is 99.7 Å². The molecule has 1 spiro atoms. The highest BCUT2D eigenvalue weighted by atomic mass is 16.5. The van der Waals surface area contributed by atoms with Gasteiger partial charge < -0.3 is 14.5 Å². The summed E-state index contributed by atoms with van der Waals surface area (Å²) in [5, 5.41) is 0. The van der Waals surface area contributed by atoms with E-state index in [0.717, 1.165) is 19.1 Å². The van der Waals surface area contributed by atoms with E-state index in [-0.39, 0.29) is 0 Å². The van der Waals surface area contributed by atoms with Crippen molar-refractivity contribution in [1.82, 2.24) is 9.80 Å². The monoisotopic (exact) mass is 226 g/mol. The molecular weight excluding hydrogens is 200 g/mol. The van der Waals surface area contributed by atoms with Crippen LogP contribution in [0.1, 0.15) is 19.8 Å². The van der Waals surface area contributed by atoms with Gasteiger partial charge in [0.15, 0.2) is 0 Å². The van der Waals surface area contributed by atoms with Crippen LogP contribution >= 0.6 is 0 Å². The number of piperidine rings is 1. The maximum atomic E-state index is 5.67. The fourth-order valence-corrected chi connectivity index (χ4v) is 3.60. The first kappa shape index (κ1) is 12.3. The Balaban J connectivity index is 2.06. The topological polar surface area (TPSA) is 15.7 Å². The van der Waals surface area contributed by atoms with E-state index < -0.39 is 0 Å². The number of hydrogen-bond acceptors (Lipinski definition) is 3. The summed E-state index contributed by atoms with van der Waals surface area (Å²) >= 11 is 0. The van der Waals surface area contributed by atoms with Gasteiger partial charge in [-0.2, -0.15) is 0 Å². The molecule has 2 heterocycles. The molecule has 3 unspecified atom stereocenters. The van der Waals surface area contributed by atoms with E-state index in [2.05, 4.69) is 37.9 Å². The van der Waals surface area contributed by atoms with Gasteiger partial charge in [-0.15, -0.1) is 0 Å². The van der Waals surface area contributed by atoms with Crippen LogP contribution in [0.4, 0.5) is 0 Å². The minimum Gasteiger partial charge on any atom is -0.381 e. The molecule has 0 radical (unpaired) electrons. The summed E-state index contributed by atoms with van der Waals surface area (Å²) in [5.41, 5.74) is 0.438. The summed E-state index contributed by atoms with van der Waals surface area (Å²) in [6.07, 6.45) is 2.60. The first-order valence-corrected chi connectivity index (χ1v) is 6.46. The van der Waals surface area contributed by atoms with Crippen molar-refractivity contribution in [2.24, 2.45) is 11.3 Å². The average molecular weight is 226 g/mol. The number of rotatable bonds is 2. The van der Waals surface area contributed by atoms with Crippen molar-refractivity contribution >= 4 is 0 Å². The van der Waals surface area contributed by atoms with Crippen molar-refractivity contribution in [2.75, 3.05) is 47.4 Å². The zero-order valence-electron chi connectivity index (χ0n) is 11.2. The second-order valence-electron chi connectivity index (χ2n) is 6.11.